The Morgan fingerprint density at radius 2 is 1.79 bits per heavy atom. The number of carboxylic acid groups (broad SMARTS) is 1. The third-order valence-corrected chi connectivity index (χ3v) is 4.30. The van der Waals surface area contributed by atoms with Gasteiger partial charge in [0.15, 0.2) is 0 Å². The van der Waals surface area contributed by atoms with Crippen molar-refractivity contribution in [1.29, 1.82) is 0 Å². The van der Waals surface area contributed by atoms with Crippen LogP contribution in [0.1, 0.15) is 28.4 Å². The maximum Gasteiger partial charge on any atom is 0.308 e. The van der Waals surface area contributed by atoms with Crippen LogP contribution in [0, 0.1) is 12.8 Å². The van der Waals surface area contributed by atoms with Gasteiger partial charge in [0.1, 0.15) is 5.75 Å². The molecule has 0 fully saturated rings. The molecule has 0 aliphatic rings. The number of benzene rings is 2. The molecule has 0 radical (unpaired) electrons. The SMILES string of the molecule is CCOc1ccc(C(=O)NCC(=O)NCC(Cc2cccc(C)c2)C(=O)O)cc1. The summed E-state index contributed by atoms with van der Waals surface area (Å²) in [6.07, 6.45) is 0.315. The average Bonchev–Trinajstić information content (AvgIpc) is 2.70. The summed E-state index contributed by atoms with van der Waals surface area (Å²) in [5.41, 5.74) is 2.35. The van der Waals surface area contributed by atoms with Crippen molar-refractivity contribution in [1.82, 2.24) is 10.6 Å². The largest absolute Gasteiger partial charge is 0.494 e. The van der Waals surface area contributed by atoms with E-state index in [1.807, 2.05) is 38.1 Å². The molecule has 0 aliphatic carbocycles. The monoisotopic (exact) mass is 398 g/mol. The van der Waals surface area contributed by atoms with Gasteiger partial charge in [-0.25, -0.2) is 0 Å². The summed E-state index contributed by atoms with van der Waals surface area (Å²) in [6, 6.07) is 14.2. The first-order chi connectivity index (χ1) is 13.9. The van der Waals surface area contributed by atoms with Gasteiger partial charge in [-0.1, -0.05) is 29.8 Å². The van der Waals surface area contributed by atoms with Gasteiger partial charge in [-0.05, 0) is 50.1 Å². The molecule has 0 spiro atoms. The van der Waals surface area contributed by atoms with Crippen molar-refractivity contribution in [3.63, 3.8) is 0 Å². The Hall–Kier alpha value is -3.35. The van der Waals surface area contributed by atoms with Crippen molar-refractivity contribution in [3.05, 3.63) is 65.2 Å². The van der Waals surface area contributed by atoms with Gasteiger partial charge < -0.3 is 20.5 Å². The smallest absolute Gasteiger partial charge is 0.308 e. The lowest BCUT2D eigenvalue weighted by atomic mass is 9.98. The first kappa shape index (κ1) is 21.9. The van der Waals surface area contributed by atoms with Crippen LogP contribution in [0.15, 0.2) is 48.5 Å². The first-order valence-corrected chi connectivity index (χ1v) is 9.45. The molecule has 3 N–H and O–H groups in total. The molecule has 1 unspecified atom stereocenters. The number of aliphatic carboxylic acids is 1. The third kappa shape index (κ3) is 7.29. The highest BCUT2D eigenvalue weighted by molar-refractivity contribution is 5.96. The van der Waals surface area contributed by atoms with Gasteiger partial charge in [0.25, 0.3) is 5.91 Å². The van der Waals surface area contributed by atoms with Gasteiger partial charge in [0, 0.05) is 12.1 Å². The molecule has 0 bridgehead atoms. The fraction of sp³-hybridized carbons (Fsp3) is 0.318. The number of carboxylic acids is 1. The summed E-state index contributed by atoms with van der Waals surface area (Å²) in [5.74, 6) is -1.90. The Labute approximate surface area is 170 Å². The van der Waals surface area contributed by atoms with Gasteiger partial charge in [0.2, 0.25) is 5.91 Å². The number of amides is 2. The van der Waals surface area contributed by atoms with E-state index in [9.17, 15) is 19.5 Å². The van der Waals surface area contributed by atoms with Crippen LogP contribution in [0.5, 0.6) is 5.75 Å². The zero-order valence-corrected chi connectivity index (χ0v) is 16.6. The summed E-state index contributed by atoms with van der Waals surface area (Å²) in [4.78, 5) is 35.6. The van der Waals surface area contributed by atoms with Gasteiger partial charge in [-0.3, -0.25) is 14.4 Å². The normalized spacial score (nSPS) is 11.4. The Morgan fingerprint density at radius 1 is 1.07 bits per heavy atom. The third-order valence-electron chi connectivity index (χ3n) is 4.30. The maximum atomic E-state index is 12.1. The summed E-state index contributed by atoms with van der Waals surface area (Å²) < 4.78 is 5.32. The summed E-state index contributed by atoms with van der Waals surface area (Å²) in [6.45, 7) is 4.10. The first-order valence-electron chi connectivity index (χ1n) is 9.45. The molecule has 0 aromatic heterocycles. The number of aryl methyl sites for hydroxylation is 1. The van der Waals surface area contributed by atoms with Crippen molar-refractivity contribution >= 4 is 17.8 Å². The summed E-state index contributed by atoms with van der Waals surface area (Å²) in [5, 5.41) is 14.5. The Morgan fingerprint density at radius 3 is 2.41 bits per heavy atom. The molecule has 2 amide bonds. The standard InChI is InChI=1S/C22H26N2O5/c1-3-29-19-9-7-17(8-10-19)21(26)24-14-20(25)23-13-18(22(27)28)12-16-6-4-5-15(2)11-16/h4-11,18H,3,12-14H2,1-2H3,(H,23,25)(H,24,26)(H,27,28). The topological polar surface area (TPSA) is 105 Å². The highest BCUT2D eigenvalue weighted by Gasteiger charge is 2.19. The van der Waals surface area contributed by atoms with Crippen LogP contribution in [0.3, 0.4) is 0 Å². The van der Waals surface area contributed by atoms with E-state index in [2.05, 4.69) is 10.6 Å². The molecule has 0 heterocycles. The number of carbonyl (C=O) groups excluding carboxylic acids is 2. The molecular weight excluding hydrogens is 372 g/mol. The molecule has 0 aliphatic heterocycles. The van der Waals surface area contributed by atoms with E-state index in [0.717, 1.165) is 11.1 Å². The fourth-order valence-electron chi connectivity index (χ4n) is 2.80. The second-order valence-electron chi connectivity index (χ2n) is 6.67. The van der Waals surface area contributed by atoms with Gasteiger partial charge in [-0.2, -0.15) is 0 Å². The van der Waals surface area contributed by atoms with Crippen molar-refractivity contribution in [2.75, 3.05) is 19.7 Å². The Balaban J connectivity index is 1.81. The van der Waals surface area contributed by atoms with E-state index in [0.29, 0.717) is 24.3 Å². The molecule has 7 nitrogen and oxygen atoms in total. The van der Waals surface area contributed by atoms with Crippen molar-refractivity contribution in [2.45, 2.75) is 20.3 Å². The van der Waals surface area contributed by atoms with Gasteiger partial charge in [0.05, 0.1) is 19.1 Å². The molecule has 1 atom stereocenters. The van der Waals surface area contributed by atoms with Crippen LogP contribution < -0.4 is 15.4 Å². The van der Waals surface area contributed by atoms with Crippen LogP contribution in [0.4, 0.5) is 0 Å². The molecule has 2 rings (SSSR count). The van der Waals surface area contributed by atoms with E-state index in [-0.39, 0.29) is 13.1 Å². The lowest BCUT2D eigenvalue weighted by molar-refractivity contribution is -0.141. The lowest BCUT2D eigenvalue weighted by Gasteiger charge is -2.14. The molecule has 154 valence electrons. The lowest BCUT2D eigenvalue weighted by Crippen LogP contribution is -2.40. The second-order valence-corrected chi connectivity index (χ2v) is 6.67. The van der Waals surface area contributed by atoms with Crippen molar-refractivity contribution in [3.8, 4) is 5.75 Å². The second kappa shape index (κ2) is 10.8. The summed E-state index contributed by atoms with van der Waals surface area (Å²) in [7, 11) is 0. The number of hydrogen-bond acceptors (Lipinski definition) is 4. The fourth-order valence-corrected chi connectivity index (χ4v) is 2.80. The predicted molar refractivity (Wildman–Crippen MR) is 109 cm³/mol. The Kier molecular flexibility index (Phi) is 8.21. The Bertz CT molecular complexity index is 849. The molecular formula is C22H26N2O5. The van der Waals surface area contributed by atoms with Crippen LogP contribution in [-0.4, -0.2) is 42.6 Å². The minimum Gasteiger partial charge on any atom is -0.494 e. The van der Waals surface area contributed by atoms with Crippen LogP contribution in [0.25, 0.3) is 0 Å². The molecule has 0 saturated carbocycles. The van der Waals surface area contributed by atoms with E-state index >= 15 is 0 Å². The van der Waals surface area contributed by atoms with Crippen LogP contribution in [-0.2, 0) is 16.0 Å². The highest BCUT2D eigenvalue weighted by atomic mass is 16.5. The molecule has 2 aromatic rings. The van der Waals surface area contributed by atoms with Crippen molar-refractivity contribution < 1.29 is 24.2 Å². The van der Waals surface area contributed by atoms with Crippen molar-refractivity contribution in [2.24, 2.45) is 5.92 Å². The van der Waals surface area contributed by atoms with E-state index in [1.165, 1.54) is 0 Å². The number of hydrogen-bond donors (Lipinski definition) is 3. The molecule has 2 aromatic carbocycles. The molecule has 7 heteroatoms. The van der Waals surface area contributed by atoms with Gasteiger partial charge in [-0.15, -0.1) is 0 Å². The number of ether oxygens (including phenoxy) is 1. The number of rotatable bonds is 10. The number of nitrogens with one attached hydrogen (secondary N) is 2. The minimum atomic E-state index is -0.981. The molecule has 0 saturated heterocycles. The predicted octanol–water partition coefficient (Wildman–Crippen LogP) is 2.18. The highest BCUT2D eigenvalue weighted by Crippen LogP contribution is 2.12. The van der Waals surface area contributed by atoms with E-state index in [4.69, 9.17) is 4.74 Å². The maximum absolute atomic E-state index is 12.1. The quantitative estimate of drug-likeness (QED) is 0.569. The van der Waals surface area contributed by atoms with Crippen LogP contribution in [0.2, 0.25) is 0 Å². The van der Waals surface area contributed by atoms with E-state index < -0.39 is 23.7 Å². The van der Waals surface area contributed by atoms with Gasteiger partial charge >= 0.3 is 5.97 Å². The zero-order valence-electron chi connectivity index (χ0n) is 16.6. The molecule has 29 heavy (non-hydrogen) atoms. The van der Waals surface area contributed by atoms with E-state index in [1.54, 1.807) is 24.3 Å². The van der Waals surface area contributed by atoms with Crippen LogP contribution >= 0.6 is 0 Å². The minimum absolute atomic E-state index is 0.0129. The number of carbonyl (C=O) groups is 3. The zero-order chi connectivity index (χ0) is 21.2. The average molecular weight is 398 g/mol. The summed E-state index contributed by atoms with van der Waals surface area (Å²) >= 11 is 0.